The van der Waals surface area contributed by atoms with Crippen LogP contribution in [0.3, 0.4) is 0 Å². The van der Waals surface area contributed by atoms with Gasteiger partial charge in [-0.25, -0.2) is 4.79 Å². The summed E-state index contributed by atoms with van der Waals surface area (Å²) in [6, 6.07) is 16.4. The van der Waals surface area contributed by atoms with Gasteiger partial charge in [-0.1, -0.05) is 54.6 Å². The number of nitrogens with one attached hydrogen (secondary N) is 2. The minimum atomic E-state index is -0.954. The fraction of sp³-hybridized carbons (Fsp3) is 0.0952. The van der Waals surface area contributed by atoms with Crippen molar-refractivity contribution in [3.8, 4) is 10.4 Å². The zero-order chi connectivity index (χ0) is 21.7. The van der Waals surface area contributed by atoms with Gasteiger partial charge in [0, 0.05) is 11.4 Å². The minimum Gasteiger partial charge on any atom is -0.480 e. The van der Waals surface area contributed by atoms with Gasteiger partial charge in [0.15, 0.2) is 0 Å². The summed E-state index contributed by atoms with van der Waals surface area (Å²) >= 11 is 1.19. The molecule has 8 nitrogen and oxygen atoms in total. The van der Waals surface area contributed by atoms with Crippen molar-refractivity contribution in [3.63, 3.8) is 0 Å². The van der Waals surface area contributed by atoms with Gasteiger partial charge in [-0.3, -0.25) is 20.2 Å². The molecule has 0 spiro atoms. The molecule has 0 fully saturated rings. The summed E-state index contributed by atoms with van der Waals surface area (Å²) in [4.78, 5) is 35.1. The van der Waals surface area contributed by atoms with Gasteiger partial charge in [-0.2, -0.15) is 0 Å². The molecule has 0 saturated heterocycles. The Morgan fingerprint density at radius 2 is 1.67 bits per heavy atom. The highest BCUT2D eigenvalue weighted by molar-refractivity contribution is 7.20. The first kappa shape index (κ1) is 21.0. The number of carboxylic acids is 1. The fourth-order valence-electron chi connectivity index (χ4n) is 2.92. The normalized spacial score (nSPS) is 11.6. The summed E-state index contributed by atoms with van der Waals surface area (Å²) in [6.07, 6.45) is 0. The van der Waals surface area contributed by atoms with Crippen LogP contribution in [0.1, 0.15) is 27.5 Å². The number of rotatable bonds is 8. The van der Waals surface area contributed by atoms with Gasteiger partial charge in [0.1, 0.15) is 11.0 Å². The van der Waals surface area contributed by atoms with Crippen LogP contribution in [0.4, 0.5) is 9.80 Å². The molecule has 0 unspecified atom stereocenters. The van der Waals surface area contributed by atoms with E-state index < -0.39 is 23.9 Å². The standard InChI is InChI=1S/C21H20N4O4S/c22-18(26)15-10-16(30-19(15)25-21(23)29)13-8-6-12(7-9-13)11-24-17(20(27)28)14-4-2-1-3-5-14/h1-10,17,24H,11H2,(H2,22,26)(H,27,28)(H3,23,25,29)/t17-/m0/s1. The van der Waals surface area contributed by atoms with E-state index in [0.29, 0.717) is 17.1 Å². The van der Waals surface area contributed by atoms with Gasteiger partial charge in [0.25, 0.3) is 5.91 Å². The van der Waals surface area contributed by atoms with Crippen molar-refractivity contribution >= 4 is 34.2 Å². The van der Waals surface area contributed by atoms with Crippen LogP contribution in [0.15, 0.2) is 60.7 Å². The van der Waals surface area contributed by atoms with Gasteiger partial charge < -0.3 is 16.6 Å². The Hall–Kier alpha value is -3.69. The first-order valence-electron chi connectivity index (χ1n) is 8.95. The lowest BCUT2D eigenvalue weighted by Gasteiger charge is -2.15. The second-order valence-corrected chi connectivity index (χ2v) is 7.52. The van der Waals surface area contributed by atoms with Crippen LogP contribution in [0.5, 0.6) is 0 Å². The summed E-state index contributed by atoms with van der Waals surface area (Å²) in [7, 11) is 0. The number of primary amides is 2. The molecule has 3 amide bonds. The highest BCUT2D eigenvalue weighted by Crippen LogP contribution is 2.35. The van der Waals surface area contributed by atoms with Crippen LogP contribution in [0.2, 0.25) is 0 Å². The van der Waals surface area contributed by atoms with E-state index in [2.05, 4.69) is 10.6 Å². The molecule has 1 atom stereocenters. The molecule has 0 saturated carbocycles. The number of carboxylic acid groups (broad SMARTS) is 1. The largest absolute Gasteiger partial charge is 0.480 e. The molecule has 0 aliphatic carbocycles. The topological polar surface area (TPSA) is 148 Å². The van der Waals surface area contributed by atoms with Crippen molar-refractivity contribution in [3.05, 3.63) is 77.4 Å². The number of amides is 3. The van der Waals surface area contributed by atoms with E-state index in [0.717, 1.165) is 16.0 Å². The Labute approximate surface area is 176 Å². The SMILES string of the molecule is NC(=O)Nc1sc(-c2ccc(CN[C@H](C(=O)O)c3ccccc3)cc2)cc1C(N)=O. The number of thiophene rings is 1. The van der Waals surface area contributed by atoms with Crippen LogP contribution in [-0.4, -0.2) is 23.0 Å². The van der Waals surface area contributed by atoms with Gasteiger partial charge in [0.2, 0.25) is 0 Å². The number of benzene rings is 2. The molecule has 7 N–H and O–H groups in total. The van der Waals surface area contributed by atoms with Crippen LogP contribution in [0, 0.1) is 0 Å². The maximum atomic E-state index is 11.6. The predicted octanol–water partition coefficient (Wildman–Crippen LogP) is 2.92. The van der Waals surface area contributed by atoms with E-state index in [1.807, 2.05) is 30.3 Å². The molecule has 30 heavy (non-hydrogen) atoms. The molecule has 0 aliphatic heterocycles. The van der Waals surface area contributed by atoms with E-state index >= 15 is 0 Å². The van der Waals surface area contributed by atoms with E-state index in [4.69, 9.17) is 11.5 Å². The lowest BCUT2D eigenvalue weighted by Crippen LogP contribution is -2.28. The molecular formula is C21H20N4O4S. The van der Waals surface area contributed by atoms with Crippen molar-refractivity contribution in [1.82, 2.24) is 5.32 Å². The van der Waals surface area contributed by atoms with Crippen LogP contribution in [0.25, 0.3) is 10.4 Å². The van der Waals surface area contributed by atoms with Crippen LogP contribution < -0.4 is 22.1 Å². The number of nitrogens with two attached hydrogens (primary N) is 2. The smallest absolute Gasteiger partial charge is 0.325 e. The first-order valence-corrected chi connectivity index (χ1v) is 9.77. The maximum Gasteiger partial charge on any atom is 0.325 e. The van der Waals surface area contributed by atoms with Crippen molar-refractivity contribution in [2.75, 3.05) is 5.32 Å². The highest BCUT2D eigenvalue weighted by atomic mass is 32.1. The van der Waals surface area contributed by atoms with E-state index in [1.54, 1.807) is 30.3 Å². The second kappa shape index (κ2) is 9.21. The Bertz CT molecular complexity index is 1060. The maximum absolute atomic E-state index is 11.6. The number of carbonyl (C=O) groups is 3. The summed E-state index contributed by atoms with van der Waals surface area (Å²) < 4.78 is 0. The summed E-state index contributed by atoms with van der Waals surface area (Å²) in [6.45, 7) is 0.359. The van der Waals surface area contributed by atoms with Crippen molar-refractivity contribution in [2.24, 2.45) is 11.5 Å². The van der Waals surface area contributed by atoms with Crippen molar-refractivity contribution < 1.29 is 19.5 Å². The Balaban J connectivity index is 1.74. The number of anilines is 1. The molecular weight excluding hydrogens is 404 g/mol. The zero-order valence-corrected chi connectivity index (χ0v) is 16.6. The molecule has 154 valence electrons. The van der Waals surface area contributed by atoms with Gasteiger partial charge >= 0.3 is 12.0 Å². The predicted molar refractivity (Wildman–Crippen MR) is 115 cm³/mol. The van der Waals surface area contributed by atoms with Crippen molar-refractivity contribution in [2.45, 2.75) is 12.6 Å². The zero-order valence-electron chi connectivity index (χ0n) is 15.8. The average Bonchev–Trinajstić information content (AvgIpc) is 3.12. The monoisotopic (exact) mass is 424 g/mol. The molecule has 1 heterocycles. The molecule has 9 heteroatoms. The number of hydrogen-bond acceptors (Lipinski definition) is 5. The van der Waals surface area contributed by atoms with Gasteiger partial charge in [0.05, 0.1) is 5.56 Å². The number of urea groups is 1. The number of carbonyl (C=O) groups excluding carboxylic acids is 2. The van der Waals surface area contributed by atoms with Gasteiger partial charge in [-0.05, 0) is 22.8 Å². The molecule has 1 aromatic heterocycles. The van der Waals surface area contributed by atoms with Gasteiger partial charge in [-0.15, -0.1) is 11.3 Å². The molecule has 0 aliphatic rings. The third-order valence-corrected chi connectivity index (χ3v) is 5.46. The van der Waals surface area contributed by atoms with Crippen LogP contribution >= 0.6 is 11.3 Å². The quantitative estimate of drug-likeness (QED) is 0.377. The molecule has 0 bridgehead atoms. The third-order valence-electron chi connectivity index (χ3n) is 4.36. The lowest BCUT2D eigenvalue weighted by atomic mass is 10.1. The van der Waals surface area contributed by atoms with Crippen LogP contribution in [-0.2, 0) is 11.3 Å². The number of hydrogen-bond donors (Lipinski definition) is 5. The molecule has 2 aromatic carbocycles. The van der Waals surface area contributed by atoms with E-state index in [1.165, 1.54) is 11.3 Å². The Morgan fingerprint density at radius 1 is 1.00 bits per heavy atom. The Kier molecular flexibility index (Phi) is 6.45. The second-order valence-electron chi connectivity index (χ2n) is 6.47. The number of aliphatic carboxylic acids is 1. The third kappa shape index (κ3) is 5.02. The Morgan fingerprint density at radius 3 is 2.23 bits per heavy atom. The van der Waals surface area contributed by atoms with E-state index in [-0.39, 0.29) is 5.56 Å². The highest BCUT2D eigenvalue weighted by Gasteiger charge is 2.19. The summed E-state index contributed by atoms with van der Waals surface area (Å²) in [5.41, 5.74) is 13.1. The van der Waals surface area contributed by atoms with E-state index in [9.17, 15) is 19.5 Å². The molecule has 0 radical (unpaired) electrons. The first-order chi connectivity index (χ1) is 14.3. The summed E-state index contributed by atoms with van der Waals surface area (Å²) in [5.74, 6) is -1.62. The molecule has 3 rings (SSSR count). The minimum absolute atomic E-state index is 0.187. The summed E-state index contributed by atoms with van der Waals surface area (Å²) in [5, 5.41) is 15.2. The van der Waals surface area contributed by atoms with Crippen molar-refractivity contribution in [1.29, 1.82) is 0 Å². The molecule has 3 aromatic rings. The lowest BCUT2D eigenvalue weighted by molar-refractivity contribution is -0.139. The average molecular weight is 424 g/mol. The fourth-order valence-corrected chi connectivity index (χ4v) is 3.99.